The number of nitrogens with one attached hydrogen (secondary N) is 1. The summed E-state index contributed by atoms with van der Waals surface area (Å²) in [5.41, 5.74) is -0.429. The molecule has 1 aliphatic heterocycles. The minimum Gasteiger partial charge on any atom is -0.466 e. The molecule has 0 radical (unpaired) electrons. The number of hydrogen-bond donors (Lipinski definition) is 1. The number of esters is 2. The van der Waals surface area contributed by atoms with Crippen molar-refractivity contribution in [2.45, 2.75) is 52.6 Å². The average molecular weight is 328 g/mol. The number of piperidine rings is 1. The van der Waals surface area contributed by atoms with Gasteiger partial charge in [0, 0.05) is 0 Å². The second-order valence-electron chi connectivity index (χ2n) is 6.98. The first kappa shape index (κ1) is 19.9. The van der Waals surface area contributed by atoms with Crippen LogP contribution in [-0.2, 0) is 19.1 Å². The third kappa shape index (κ3) is 8.91. The first-order valence-electron chi connectivity index (χ1n) is 8.63. The van der Waals surface area contributed by atoms with Crippen LogP contribution in [-0.4, -0.2) is 61.8 Å². The summed E-state index contributed by atoms with van der Waals surface area (Å²) in [5, 5.41) is 3.12. The lowest BCUT2D eigenvalue weighted by Crippen LogP contribution is -2.38. The lowest BCUT2D eigenvalue weighted by molar-refractivity contribution is -0.153. The van der Waals surface area contributed by atoms with Crippen molar-refractivity contribution in [1.82, 2.24) is 10.2 Å². The van der Waals surface area contributed by atoms with E-state index in [0.29, 0.717) is 6.61 Å². The van der Waals surface area contributed by atoms with Crippen LogP contribution in [0, 0.1) is 5.92 Å². The molecule has 0 aromatic rings. The topological polar surface area (TPSA) is 67.9 Å². The fraction of sp³-hybridized carbons (Fsp3) is 0.882. The molecule has 0 aromatic heterocycles. The highest BCUT2D eigenvalue weighted by Crippen LogP contribution is 2.18. The molecule has 23 heavy (non-hydrogen) atoms. The van der Waals surface area contributed by atoms with Crippen LogP contribution in [0.5, 0.6) is 0 Å². The molecule has 0 unspecified atom stereocenters. The van der Waals surface area contributed by atoms with Crippen LogP contribution in [0.1, 0.15) is 47.0 Å². The summed E-state index contributed by atoms with van der Waals surface area (Å²) in [7, 11) is 0. The highest BCUT2D eigenvalue weighted by atomic mass is 16.6. The van der Waals surface area contributed by atoms with Crippen molar-refractivity contribution in [2.24, 2.45) is 5.92 Å². The van der Waals surface area contributed by atoms with E-state index in [1.807, 2.05) is 27.7 Å². The van der Waals surface area contributed by atoms with Crippen LogP contribution in [0.25, 0.3) is 0 Å². The Hall–Kier alpha value is -1.14. The summed E-state index contributed by atoms with van der Waals surface area (Å²) in [4.78, 5) is 25.6. The van der Waals surface area contributed by atoms with Crippen molar-refractivity contribution in [1.29, 1.82) is 0 Å². The monoisotopic (exact) mass is 328 g/mol. The third-order valence-electron chi connectivity index (χ3n) is 3.72. The third-order valence-corrected chi connectivity index (χ3v) is 3.72. The van der Waals surface area contributed by atoms with Gasteiger partial charge in [0.1, 0.15) is 5.60 Å². The molecule has 1 aliphatic rings. The van der Waals surface area contributed by atoms with Gasteiger partial charge >= 0.3 is 11.9 Å². The molecule has 0 spiro atoms. The van der Waals surface area contributed by atoms with Gasteiger partial charge in [-0.05, 0) is 73.1 Å². The minimum absolute atomic E-state index is 0.0498. The van der Waals surface area contributed by atoms with Gasteiger partial charge in [-0.3, -0.25) is 9.59 Å². The molecule has 0 atom stereocenters. The van der Waals surface area contributed by atoms with Crippen molar-refractivity contribution in [3.63, 3.8) is 0 Å². The second kappa shape index (κ2) is 9.88. The van der Waals surface area contributed by atoms with Crippen molar-refractivity contribution in [3.05, 3.63) is 0 Å². The molecule has 0 aliphatic carbocycles. The van der Waals surface area contributed by atoms with Crippen LogP contribution < -0.4 is 5.32 Å². The number of hydrogen-bond acceptors (Lipinski definition) is 6. The molecule has 1 heterocycles. The number of carbonyl (C=O) groups is 2. The highest BCUT2D eigenvalue weighted by molar-refractivity contribution is 5.72. The van der Waals surface area contributed by atoms with Crippen molar-refractivity contribution < 1.29 is 19.1 Å². The van der Waals surface area contributed by atoms with Crippen molar-refractivity contribution >= 4 is 11.9 Å². The van der Waals surface area contributed by atoms with Crippen LogP contribution in [0.15, 0.2) is 0 Å². The van der Waals surface area contributed by atoms with E-state index in [1.165, 1.54) is 0 Å². The molecule has 1 rings (SSSR count). The molecule has 1 N–H and O–H groups in total. The Morgan fingerprint density at radius 2 is 1.87 bits per heavy atom. The standard InChI is InChI=1S/C17H32N2O4/c1-5-22-16(21)14-7-11-19(12-8-14)10-6-9-18-13-15(20)23-17(2,3)4/h14,18H,5-13H2,1-4H3. The minimum atomic E-state index is -0.429. The summed E-state index contributed by atoms with van der Waals surface area (Å²) >= 11 is 0. The van der Waals surface area contributed by atoms with E-state index in [1.54, 1.807) is 0 Å². The molecular formula is C17H32N2O4. The molecule has 6 nitrogen and oxygen atoms in total. The molecule has 0 bridgehead atoms. The average Bonchev–Trinajstić information content (AvgIpc) is 2.46. The Balaban J connectivity index is 2.05. The van der Waals surface area contributed by atoms with Gasteiger partial charge in [0.2, 0.25) is 0 Å². The van der Waals surface area contributed by atoms with Gasteiger partial charge in [-0.25, -0.2) is 0 Å². The lowest BCUT2D eigenvalue weighted by atomic mass is 9.97. The first-order chi connectivity index (χ1) is 10.8. The van der Waals surface area contributed by atoms with Crippen LogP contribution in [0.4, 0.5) is 0 Å². The number of ether oxygens (including phenoxy) is 2. The van der Waals surface area contributed by atoms with Crippen molar-refractivity contribution in [3.8, 4) is 0 Å². The summed E-state index contributed by atoms with van der Waals surface area (Å²) in [5.74, 6) is -0.199. The van der Waals surface area contributed by atoms with E-state index in [9.17, 15) is 9.59 Å². The molecule has 0 aromatic carbocycles. The Morgan fingerprint density at radius 3 is 2.43 bits per heavy atom. The summed E-state index contributed by atoms with van der Waals surface area (Å²) in [6, 6.07) is 0. The first-order valence-corrected chi connectivity index (χ1v) is 8.63. The zero-order chi connectivity index (χ0) is 17.3. The molecule has 134 valence electrons. The van der Waals surface area contributed by atoms with Crippen molar-refractivity contribution in [2.75, 3.05) is 39.3 Å². The maximum absolute atomic E-state index is 11.7. The number of likely N-dealkylation sites (tertiary alicyclic amines) is 1. The van der Waals surface area contributed by atoms with E-state index in [0.717, 1.165) is 45.4 Å². The molecule has 1 saturated heterocycles. The molecule has 6 heteroatoms. The van der Waals surface area contributed by atoms with E-state index in [-0.39, 0.29) is 24.4 Å². The summed E-state index contributed by atoms with van der Waals surface area (Å²) in [6.45, 7) is 11.8. The van der Waals surface area contributed by atoms with E-state index < -0.39 is 5.60 Å². The number of rotatable bonds is 8. The molecule has 1 fully saturated rings. The van der Waals surface area contributed by atoms with Gasteiger partial charge < -0.3 is 19.7 Å². The lowest BCUT2D eigenvalue weighted by Gasteiger charge is -2.30. The Morgan fingerprint density at radius 1 is 1.22 bits per heavy atom. The highest BCUT2D eigenvalue weighted by Gasteiger charge is 2.25. The van der Waals surface area contributed by atoms with Gasteiger partial charge in [-0.15, -0.1) is 0 Å². The van der Waals surface area contributed by atoms with Crippen LogP contribution in [0.3, 0.4) is 0 Å². The van der Waals surface area contributed by atoms with Gasteiger partial charge in [0.05, 0.1) is 19.1 Å². The normalized spacial score (nSPS) is 17.0. The Bertz CT molecular complexity index is 371. The number of carbonyl (C=O) groups excluding carboxylic acids is 2. The van der Waals surface area contributed by atoms with E-state index >= 15 is 0 Å². The van der Waals surface area contributed by atoms with Crippen LogP contribution in [0.2, 0.25) is 0 Å². The molecule has 0 saturated carbocycles. The Kier molecular flexibility index (Phi) is 8.55. The van der Waals surface area contributed by atoms with Gasteiger partial charge in [-0.2, -0.15) is 0 Å². The quantitative estimate of drug-likeness (QED) is 0.539. The van der Waals surface area contributed by atoms with E-state index in [2.05, 4.69) is 10.2 Å². The van der Waals surface area contributed by atoms with Gasteiger partial charge in [0.25, 0.3) is 0 Å². The predicted octanol–water partition coefficient (Wildman–Crippen LogP) is 1.58. The number of nitrogens with zero attached hydrogens (tertiary/aromatic N) is 1. The smallest absolute Gasteiger partial charge is 0.320 e. The molecule has 0 amide bonds. The largest absolute Gasteiger partial charge is 0.466 e. The predicted molar refractivity (Wildman–Crippen MR) is 89.1 cm³/mol. The Labute approximate surface area is 139 Å². The summed E-state index contributed by atoms with van der Waals surface area (Å²) < 4.78 is 10.3. The molecular weight excluding hydrogens is 296 g/mol. The SMILES string of the molecule is CCOC(=O)C1CCN(CCCNCC(=O)OC(C)(C)C)CC1. The van der Waals surface area contributed by atoms with Gasteiger partial charge in [0.15, 0.2) is 0 Å². The maximum atomic E-state index is 11.7. The summed E-state index contributed by atoms with van der Waals surface area (Å²) in [6.07, 6.45) is 2.74. The second-order valence-corrected chi connectivity index (χ2v) is 6.98. The van der Waals surface area contributed by atoms with E-state index in [4.69, 9.17) is 9.47 Å². The maximum Gasteiger partial charge on any atom is 0.320 e. The zero-order valence-electron chi connectivity index (χ0n) is 15.0. The van der Waals surface area contributed by atoms with Gasteiger partial charge in [-0.1, -0.05) is 0 Å². The zero-order valence-corrected chi connectivity index (χ0v) is 15.0. The fourth-order valence-corrected chi connectivity index (χ4v) is 2.65. The fourth-order valence-electron chi connectivity index (χ4n) is 2.65. The van der Waals surface area contributed by atoms with Crippen LogP contribution >= 0.6 is 0 Å².